The van der Waals surface area contributed by atoms with Crippen molar-refractivity contribution in [2.75, 3.05) is 44.2 Å². The first-order chi connectivity index (χ1) is 14.0. The monoisotopic (exact) mass is 391 g/mol. The summed E-state index contributed by atoms with van der Waals surface area (Å²) >= 11 is 0. The van der Waals surface area contributed by atoms with E-state index in [-0.39, 0.29) is 18.4 Å². The van der Waals surface area contributed by atoms with Crippen LogP contribution in [0.15, 0.2) is 60.7 Å². The normalized spacial score (nSPS) is 14.9. The van der Waals surface area contributed by atoms with Gasteiger partial charge in [-0.05, 0) is 24.6 Å². The van der Waals surface area contributed by atoms with Crippen LogP contribution in [0.4, 0.5) is 5.69 Å². The van der Waals surface area contributed by atoms with Crippen LogP contribution in [0.5, 0.6) is 0 Å². The zero-order valence-corrected chi connectivity index (χ0v) is 17.3. The standard InChI is InChI=1S/C24H29N3O2/c1-20-10-12-23(13-11-20)27(21(2)28)19-24(29)26-17-15-25(16-18-26)14-6-9-22-7-4-3-5-8-22/h3-13H,14-19H2,1-2H3/b9-6+. The average Bonchev–Trinajstić information content (AvgIpc) is 2.74. The van der Waals surface area contributed by atoms with E-state index in [1.54, 1.807) is 4.90 Å². The van der Waals surface area contributed by atoms with Crippen molar-refractivity contribution in [3.8, 4) is 0 Å². The quantitative estimate of drug-likeness (QED) is 0.760. The number of amides is 2. The summed E-state index contributed by atoms with van der Waals surface area (Å²) in [4.78, 5) is 30.6. The van der Waals surface area contributed by atoms with Crippen molar-refractivity contribution in [2.24, 2.45) is 0 Å². The summed E-state index contributed by atoms with van der Waals surface area (Å²) in [6.45, 7) is 7.54. The van der Waals surface area contributed by atoms with Gasteiger partial charge in [0.2, 0.25) is 11.8 Å². The number of benzene rings is 2. The Morgan fingerprint density at radius 2 is 1.62 bits per heavy atom. The summed E-state index contributed by atoms with van der Waals surface area (Å²) < 4.78 is 0. The Kier molecular flexibility index (Phi) is 7.19. The molecule has 1 saturated heterocycles. The number of piperazine rings is 1. The molecule has 0 bridgehead atoms. The molecule has 2 amide bonds. The second-order valence-electron chi connectivity index (χ2n) is 7.44. The van der Waals surface area contributed by atoms with Crippen LogP contribution in [0.2, 0.25) is 0 Å². The number of hydrogen-bond acceptors (Lipinski definition) is 3. The third-order valence-corrected chi connectivity index (χ3v) is 5.22. The zero-order valence-electron chi connectivity index (χ0n) is 17.3. The number of anilines is 1. The lowest BCUT2D eigenvalue weighted by Crippen LogP contribution is -2.51. The van der Waals surface area contributed by atoms with Gasteiger partial charge in [0, 0.05) is 45.3 Å². The number of carbonyl (C=O) groups is 2. The molecule has 0 unspecified atom stereocenters. The summed E-state index contributed by atoms with van der Waals surface area (Å²) in [5, 5.41) is 0. The Labute approximate surface area is 173 Å². The summed E-state index contributed by atoms with van der Waals surface area (Å²) in [6, 6.07) is 17.9. The molecule has 0 aromatic heterocycles. The van der Waals surface area contributed by atoms with E-state index in [0.717, 1.165) is 30.9 Å². The topological polar surface area (TPSA) is 43.9 Å². The van der Waals surface area contributed by atoms with E-state index in [9.17, 15) is 9.59 Å². The Bertz CT molecular complexity index is 838. The maximum absolute atomic E-state index is 12.8. The second-order valence-corrected chi connectivity index (χ2v) is 7.44. The zero-order chi connectivity index (χ0) is 20.6. The van der Waals surface area contributed by atoms with Crippen LogP contribution in [0.25, 0.3) is 6.08 Å². The first-order valence-corrected chi connectivity index (χ1v) is 10.1. The van der Waals surface area contributed by atoms with E-state index in [4.69, 9.17) is 0 Å². The molecule has 1 fully saturated rings. The minimum absolute atomic E-state index is 0.000234. The highest BCUT2D eigenvalue weighted by Gasteiger charge is 2.23. The first kappa shape index (κ1) is 20.8. The molecule has 2 aromatic rings. The van der Waals surface area contributed by atoms with Crippen LogP contribution in [-0.4, -0.2) is 60.9 Å². The van der Waals surface area contributed by atoms with Crippen LogP contribution in [0, 0.1) is 6.92 Å². The predicted molar refractivity (Wildman–Crippen MR) is 118 cm³/mol. The number of aryl methyl sites for hydroxylation is 1. The van der Waals surface area contributed by atoms with Crippen molar-refractivity contribution in [2.45, 2.75) is 13.8 Å². The Morgan fingerprint density at radius 1 is 0.966 bits per heavy atom. The van der Waals surface area contributed by atoms with Gasteiger partial charge in [0.05, 0.1) is 0 Å². The summed E-state index contributed by atoms with van der Waals surface area (Å²) in [5.74, 6) is -0.118. The van der Waals surface area contributed by atoms with Crippen molar-refractivity contribution in [3.63, 3.8) is 0 Å². The highest BCUT2D eigenvalue weighted by Crippen LogP contribution is 2.16. The minimum Gasteiger partial charge on any atom is -0.339 e. The van der Waals surface area contributed by atoms with E-state index in [2.05, 4.69) is 29.2 Å². The van der Waals surface area contributed by atoms with E-state index in [1.807, 2.05) is 54.3 Å². The molecule has 0 atom stereocenters. The number of carbonyl (C=O) groups excluding carboxylic acids is 2. The van der Waals surface area contributed by atoms with Crippen LogP contribution in [-0.2, 0) is 9.59 Å². The third kappa shape index (κ3) is 6.03. The molecule has 0 aliphatic carbocycles. The molecule has 5 heteroatoms. The smallest absolute Gasteiger partial charge is 0.242 e. The summed E-state index contributed by atoms with van der Waals surface area (Å²) in [5.41, 5.74) is 3.09. The number of hydrogen-bond donors (Lipinski definition) is 0. The molecule has 0 saturated carbocycles. The molecular formula is C24H29N3O2. The molecule has 1 heterocycles. The van der Waals surface area contributed by atoms with Gasteiger partial charge in [-0.2, -0.15) is 0 Å². The molecule has 1 aliphatic heterocycles. The van der Waals surface area contributed by atoms with Gasteiger partial charge in [-0.25, -0.2) is 0 Å². The molecule has 0 spiro atoms. The average molecular weight is 392 g/mol. The molecule has 3 rings (SSSR count). The van der Waals surface area contributed by atoms with Gasteiger partial charge in [-0.3, -0.25) is 14.5 Å². The van der Waals surface area contributed by atoms with E-state index in [1.165, 1.54) is 12.5 Å². The fourth-order valence-corrected chi connectivity index (χ4v) is 3.43. The summed E-state index contributed by atoms with van der Waals surface area (Å²) in [7, 11) is 0. The second kappa shape index (κ2) is 10.0. The number of rotatable bonds is 6. The van der Waals surface area contributed by atoms with Crippen molar-refractivity contribution in [3.05, 3.63) is 71.8 Å². The van der Waals surface area contributed by atoms with Crippen molar-refractivity contribution in [1.82, 2.24) is 9.80 Å². The summed E-state index contributed by atoms with van der Waals surface area (Å²) in [6.07, 6.45) is 4.30. The van der Waals surface area contributed by atoms with Gasteiger partial charge < -0.3 is 9.80 Å². The van der Waals surface area contributed by atoms with Crippen molar-refractivity contribution >= 4 is 23.6 Å². The minimum atomic E-state index is -0.119. The first-order valence-electron chi connectivity index (χ1n) is 10.1. The van der Waals surface area contributed by atoms with Gasteiger partial charge >= 0.3 is 0 Å². The van der Waals surface area contributed by atoms with E-state index < -0.39 is 0 Å². The largest absolute Gasteiger partial charge is 0.339 e. The van der Waals surface area contributed by atoms with Gasteiger partial charge in [-0.15, -0.1) is 0 Å². The Balaban J connectivity index is 1.49. The van der Waals surface area contributed by atoms with Crippen LogP contribution < -0.4 is 4.90 Å². The van der Waals surface area contributed by atoms with Gasteiger partial charge in [0.25, 0.3) is 0 Å². The lowest BCUT2D eigenvalue weighted by molar-refractivity contribution is -0.132. The SMILES string of the molecule is CC(=O)N(CC(=O)N1CCN(C/C=C/c2ccccc2)CC1)c1ccc(C)cc1. The molecule has 29 heavy (non-hydrogen) atoms. The van der Waals surface area contributed by atoms with Crippen LogP contribution in [0.1, 0.15) is 18.1 Å². The number of nitrogens with zero attached hydrogens (tertiary/aromatic N) is 3. The van der Waals surface area contributed by atoms with Crippen LogP contribution >= 0.6 is 0 Å². The van der Waals surface area contributed by atoms with Crippen LogP contribution in [0.3, 0.4) is 0 Å². The molecule has 2 aromatic carbocycles. The maximum atomic E-state index is 12.8. The van der Waals surface area contributed by atoms with Gasteiger partial charge in [0.15, 0.2) is 0 Å². The Hall–Kier alpha value is -2.92. The van der Waals surface area contributed by atoms with Gasteiger partial charge in [0.1, 0.15) is 6.54 Å². The third-order valence-electron chi connectivity index (χ3n) is 5.22. The van der Waals surface area contributed by atoms with E-state index in [0.29, 0.717) is 13.1 Å². The molecule has 0 N–H and O–H groups in total. The molecular weight excluding hydrogens is 362 g/mol. The lowest BCUT2D eigenvalue weighted by Gasteiger charge is -2.35. The molecule has 152 valence electrons. The lowest BCUT2D eigenvalue weighted by atomic mass is 10.2. The fourth-order valence-electron chi connectivity index (χ4n) is 3.43. The molecule has 1 aliphatic rings. The molecule has 0 radical (unpaired) electrons. The highest BCUT2D eigenvalue weighted by molar-refractivity contribution is 5.97. The van der Waals surface area contributed by atoms with Gasteiger partial charge in [-0.1, -0.05) is 60.2 Å². The maximum Gasteiger partial charge on any atom is 0.242 e. The Morgan fingerprint density at radius 3 is 2.24 bits per heavy atom. The fraction of sp³-hybridized carbons (Fsp3) is 0.333. The highest BCUT2D eigenvalue weighted by atomic mass is 16.2. The predicted octanol–water partition coefficient (Wildman–Crippen LogP) is 3.21. The van der Waals surface area contributed by atoms with Crippen molar-refractivity contribution < 1.29 is 9.59 Å². The van der Waals surface area contributed by atoms with E-state index >= 15 is 0 Å². The molecule has 5 nitrogen and oxygen atoms in total. The van der Waals surface area contributed by atoms with Crippen molar-refractivity contribution in [1.29, 1.82) is 0 Å².